The summed E-state index contributed by atoms with van der Waals surface area (Å²) in [6, 6.07) is 10.2. The Kier molecular flexibility index (Phi) is 4.09. The van der Waals surface area contributed by atoms with Crippen LogP contribution in [0.4, 0.5) is 13.2 Å². The van der Waals surface area contributed by atoms with Crippen LogP contribution in [0.25, 0.3) is 27.8 Å². The Hall–Kier alpha value is -2.57. The SMILES string of the molecule is Fc1cc(F)c(-c2c(Cl)nc(Cl)n2-c2cnc3ccccc3c2)c(F)c1. The molecule has 130 valence electrons. The molecule has 0 fully saturated rings. The highest BCUT2D eigenvalue weighted by Crippen LogP contribution is 2.37. The van der Waals surface area contributed by atoms with Gasteiger partial charge in [-0.1, -0.05) is 29.8 Å². The lowest BCUT2D eigenvalue weighted by Gasteiger charge is -2.12. The summed E-state index contributed by atoms with van der Waals surface area (Å²) >= 11 is 12.2. The van der Waals surface area contributed by atoms with Crippen LogP contribution in [0, 0.1) is 17.5 Å². The molecule has 0 aliphatic carbocycles. The van der Waals surface area contributed by atoms with Crippen LogP contribution in [0.15, 0.2) is 48.7 Å². The third-order valence-electron chi connectivity index (χ3n) is 3.87. The molecule has 4 rings (SSSR count). The molecule has 8 heteroatoms. The van der Waals surface area contributed by atoms with E-state index in [1.54, 1.807) is 6.07 Å². The number of nitrogens with zero attached hydrogens (tertiary/aromatic N) is 3. The molecule has 3 nitrogen and oxygen atoms in total. The zero-order chi connectivity index (χ0) is 18.4. The predicted octanol–water partition coefficient (Wildman–Crippen LogP) is 5.81. The van der Waals surface area contributed by atoms with Crippen LogP contribution in [-0.4, -0.2) is 14.5 Å². The minimum absolute atomic E-state index is 0.106. The molecule has 2 heterocycles. The molecule has 0 amide bonds. The number of rotatable bonds is 2. The van der Waals surface area contributed by atoms with Gasteiger partial charge in [0.25, 0.3) is 0 Å². The highest BCUT2D eigenvalue weighted by molar-refractivity contribution is 6.34. The Morgan fingerprint density at radius 1 is 0.923 bits per heavy atom. The average molecular weight is 394 g/mol. The van der Waals surface area contributed by atoms with Gasteiger partial charge in [0, 0.05) is 17.5 Å². The molecule has 0 saturated heterocycles. The lowest BCUT2D eigenvalue weighted by Crippen LogP contribution is -2.02. The molecule has 0 radical (unpaired) electrons. The summed E-state index contributed by atoms with van der Waals surface area (Å²) in [5.41, 5.74) is 0.498. The maximum Gasteiger partial charge on any atom is 0.209 e. The Bertz CT molecular complexity index is 1130. The van der Waals surface area contributed by atoms with E-state index in [0.29, 0.717) is 17.8 Å². The second kappa shape index (κ2) is 6.30. The molecule has 2 aromatic heterocycles. The molecule has 0 saturated carbocycles. The van der Waals surface area contributed by atoms with E-state index in [-0.39, 0.29) is 16.1 Å². The summed E-state index contributed by atoms with van der Waals surface area (Å²) in [7, 11) is 0. The first-order chi connectivity index (χ1) is 12.5. The van der Waals surface area contributed by atoms with Crippen LogP contribution in [-0.2, 0) is 0 Å². The van der Waals surface area contributed by atoms with Gasteiger partial charge < -0.3 is 0 Å². The molecule has 0 spiro atoms. The summed E-state index contributed by atoms with van der Waals surface area (Å²) < 4.78 is 43.1. The first-order valence-electron chi connectivity index (χ1n) is 7.39. The monoisotopic (exact) mass is 393 g/mol. The second-order valence-corrected chi connectivity index (χ2v) is 6.18. The molecule has 26 heavy (non-hydrogen) atoms. The number of hydrogen-bond acceptors (Lipinski definition) is 2. The van der Waals surface area contributed by atoms with Crippen molar-refractivity contribution in [1.82, 2.24) is 14.5 Å². The van der Waals surface area contributed by atoms with Crippen LogP contribution in [0.2, 0.25) is 10.4 Å². The van der Waals surface area contributed by atoms with Gasteiger partial charge in [0.2, 0.25) is 5.28 Å². The fraction of sp³-hybridized carbons (Fsp3) is 0. The summed E-state index contributed by atoms with van der Waals surface area (Å²) in [5.74, 6) is -3.27. The zero-order valence-electron chi connectivity index (χ0n) is 12.9. The summed E-state index contributed by atoms with van der Waals surface area (Å²) in [6.45, 7) is 0. The van der Waals surface area contributed by atoms with E-state index in [4.69, 9.17) is 23.2 Å². The first kappa shape index (κ1) is 16.9. The van der Waals surface area contributed by atoms with Gasteiger partial charge in [-0.2, -0.15) is 0 Å². The third-order valence-corrected chi connectivity index (χ3v) is 4.39. The summed E-state index contributed by atoms with van der Waals surface area (Å²) in [5, 5.41) is 0.467. The maximum absolute atomic E-state index is 14.3. The fourth-order valence-corrected chi connectivity index (χ4v) is 3.34. The topological polar surface area (TPSA) is 30.7 Å². The lowest BCUT2D eigenvalue weighted by atomic mass is 10.1. The highest BCUT2D eigenvalue weighted by Gasteiger charge is 2.24. The minimum atomic E-state index is -1.11. The van der Waals surface area contributed by atoms with Crippen molar-refractivity contribution >= 4 is 34.1 Å². The standard InChI is InChI=1S/C18H8Cl2F3N3/c19-17-16(15-12(22)6-10(21)7-13(15)23)26(18(20)25-17)11-5-9-3-1-2-4-14(9)24-8-11/h1-8H. The second-order valence-electron chi connectivity index (χ2n) is 5.49. The van der Waals surface area contributed by atoms with Crippen LogP contribution in [0.3, 0.4) is 0 Å². The molecule has 0 unspecified atom stereocenters. The lowest BCUT2D eigenvalue weighted by molar-refractivity contribution is 0.547. The van der Waals surface area contributed by atoms with Crippen molar-refractivity contribution in [2.24, 2.45) is 0 Å². The predicted molar refractivity (Wildman–Crippen MR) is 94.2 cm³/mol. The number of benzene rings is 2. The number of aromatic nitrogens is 3. The largest absolute Gasteiger partial charge is 0.280 e. The Morgan fingerprint density at radius 2 is 1.62 bits per heavy atom. The van der Waals surface area contributed by atoms with E-state index < -0.39 is 23.0 Å². The quantitative estimate of drug-likeness (QED) is 0.430. The molecule has 0 bridgehead atoms. The maximum atomic E-state index is 14.3. The fourth-order valence-electron chi connectivity index (χ4n) is 2.77. The highest BCUT2D eigenvalue weighted by atomic mass is 35.5. The van der Waals surface area contributed by atoms with Crippen molar-refractivity contribution < 1.29 is 13.2 Å². The number of imidazole rings is 1. The van der Waals surface area contributed by atoms with Crippen LogP contribution in [0.5, 0.6) is 0 Å². The molecule has 4 aromatic rings. The van der Waals surface area contributed by atoms with Crippen LogP contribution in [0.1, 0.15) is 0 Å². The molecular weight excluding hydrogens is 386 g/mol. The van der Waals surface area contributed by atoms with Crippen LogP contribution < -0.4 is 0 Å². The first-order valence-corrected chi connectivity index (χ1v) is 8.15. The normalized spacial score (nSPS) is 11.3. The number of pyridine rings is 1. The Labute approximate surface area is 155 Å². The van der Waals surface area contributed by atoms with Crippen molar-refractivity contribution in [2.75, 3.05) is 0 Å². The number of para-hydroxylation sites is 1. The number of fused-ring (bicyclic) bond motifs is 1. The van der Waals surface area contributed by atoms with E-state index >= 15 is 0 Å². The minimum Gasteiger partial charge on any atom is -0.280 e. The number of halogens is 5. The molecule has 0 atom stereocenters. The molecular formula is C18H8Cl2F3N3. The van der Waals surface area contributed by atoms with E-state index in [2.05, 4.69) is 9.97 Å². The summed E-state index contributed by atoms with van der Waals surface area (Å²) in [6.07, 6.45) is 1.48. The van der Waals surface area contributed by atoms with Gasteiger partial charge in [0.05, 0.1) is 28.7 Å². The van der Waals surface area contributed by atoms with E-state index in [9.17, 15) is 13.2 Å². The summed E-state index contributed by atoms with van der Waals surface area (Å²) in [4.78, 5) is 8.19. The third kappa shape index (κ3) is 2.71. The smallest absolute Gasteiger partial charge is 0.209 e. The molecule has 2 aromatic carbocycles. The van der Waals surface area contributed by atoms with Crippen molar-refractivity contribution in [2.45, 2.75) is 0 Å². The van der Waals surface area contributed by atoms with Crippen molar-refractivity contribution in [3.63, 3.8) is 0 Å². The zero-order valence-corrected chi connectivity index (χ0v) is 14.4. The van der Waals surface area contributed by atoms with Gasteiger partial charge in [-0.05, 0) is 23.7 Å². The van der Waals surface area contributed by atoms with E-state index in [0.717, 1.165) is 10.9 Å². The molecule has 0 aliphatic heterocycles. The van der Waals surface area contributed by atoms with Gasteiger partial charge in [-0.25, -0.2) is 18.2 Å². The van der Waals surface area contributed by atoms with Gasteiger partial charge in [0.15, 0.2) is 5.15 Å². The van der Waals surface area contributed by atoms with Crippen molar-refractivity contribution in [3.8, 4) is 16.9 Å². The van der Waals surface area contributed by atoms with Gasteiger partial charge in [0.1, 0.15) is 17.5 Å². The van der Waals surface area contributed by atoms with Gasteiger partial charge in [-0.15, -0.1) is 0 Å². The Balaban J connectivity index is 2.01. The van der Waals surface area contributed by atoms with Crippen LogP contribution >= 0.6 is 23.2 Å². The van der Waals surface area contributed by atoms with Crippen molar-refractivity contribution in [1.29, 1.82) is 0 Å². The van der Waals surface area contributed by atoms with E-state index in [1.165, 1.54) is 10.8 Å². The number of hydrogen-bond donors (Lipinski definition) is 0. The van der Waals surface area contributed by atoms with Gasteiger partial charge in [-0.3, -0.25) is 9.55 Å². The van der Waals surface area contributed by atoms with Crippen molar-refractivity contribution in [3.05, 3.63) is 76.5 Å². The average Bonchev–Trinajstić information content (AvgIpc) is 2.88. The van der Waals surface area contributed by atoms with Gasteiger partial charge >= 0.3 is 0 Å². The molecule has 0 N–H and O–H groups in total. The Morgan fingerprint density at radius 3 is 2.35 bits per heavy atom. The molecule has 0 aliphatic rings. The van der Waals surface area contributed by atoms with E-state index in [1.807, 2.05) is 24.3 Å².